The van der Waals surface area contributed by atoms with Gasteiger partial charge in [0.25, 0.3) is 0 Å². The number of benzene rings is 1. The number of halogens is 1. The van der Waals surface area contributed by atoms with E-state index in [1.165, 1.54) is 25.0 Å². The molecule has 0 atom stereocenters. The molecule has 1 aliphatic rings. The van der Waals surface area contributed by atoms with Crippen molar-refractivity contribution in [2.75, 3.05) is 5.32 Å². The molecule has 4 aromatic rings. The van der Waals surface area contributed by atoms with E-state index in [-0.39, 0.29) is 5.82 Å². The molecule has 0 unspecified atom stereocenters. The van der Waals surface area contributed by atoms with Crippen LogP contribution in [0.5, 0.6) is 0 Å². The first-order valence-electron chi connectivity index (χ1n) is 9.90. The number of hydrogen-bond acceptors (Lipinski definition) is 5. The summed E-state index contributed by atoms with van der Waals surface area (Å²) in [4.78, 5) is 9.63. The molecule has 0 amide bonds. The molecule has 0 bridgehead atoms. The predicted octanol–water partition coefficient (Wildman–Crippen LogP) is 3.96. The Morgan fingerprint density at radius 1 is 1.07 bits per heavy atom. The second kappa shape index (κ2) is 7.27. The van der Waals surface area contributed by atoms with Crippen molar-refractivity contribution in [2.24, 2.45) is 7.05 Å². The van der Waals surface area contributed by atoms with E-state index >= 15 is 0 Å². The van der Waals surface area contributed by atoms with Gasteiger partial charge in [0.1, 0.15) is 17.5 Å². The van der Waals surface area contributed by atoms with E-state index < -0.39 is 0 Å². The number of fused-ring (bicyclic) bond motifs is 1. The number of nitrogens with one attached hydrogen (secondary N) is 1. The molecule has 0 saturated heterocycles. The monoisotopic (exact) mass is 391 g/mol. The third-order valence-electron chi connectivity index (χ3n) is 5.52. The Morgan fingerprint density at radius 3 is 2.66 bits per heavy atom. The van der Waals surface area contributed by atoms with Crippen molar-refractivity contribution in [2.45, 2.75) is 38.1 Å². The Labute approximate surface area is 167 Å². The molecule has 5 rings (SSSR count). The standard InChI is InChI=1S/C21H22FN7/c1-28-21-18(12-24-28)20(26-19(27-21)15-4-2-3-5-15)23-10-14-11-25-29(13-14)17-8-6-16(22)7-9-17/h6-9,11-13,15H,2-5,10H2,1H3,(H,23,26,27). The maximum absolute atomic E-state index is 13.1. The van der Waals surface area contributed by atoms with E-state index in [0.717, 1.165) is 46.8 Å². The third kappa shape index (κ3) is 3.46. The van der Waals surface area contributed by atoms with Gasteiger partial charge in [-0.2, -0.15) is 10.2 Å². The van der Waals surface area contributed by atoms with Crippen molar-refractivity contribution in [3.63, 3.8) is 0 Å². The quantitative estimate of drug-likeness (QED) is 0.557. The van der Waals surface area contributed by atoms with Crippen molar-refractivity contribution in [3.8, 4) is 5.69 Å². The number of anilines is 1. The highest BCUT2D eigenvalue weighted by Gasteiger charge is 2.22. The topological polar surface area (TPSA) is 73.5 Å². The van der Waals surface area contributed by atoms with Gasteiger partial charge in [-0.1, -0.05) is 12.8 Å². The highest BCUT2D eigenvalue weighted by molar-refractivity contribution is 5.86. The van der Waals surface area contributed by atoms with Crippen LogP contribution in [0.25, 0.3) is 16.7 Å². The van der Waals surface area contributed by atoms with Crippen molar-refractivity contribution in [3.05, 3.63) is 60.1 Å². The summed E-state index contributed by atoms with van der Waals surface area (Å²) < 4.78 is 16.7. The van der Waals surface area contributed by atoms with Crippen molar-refractivity contribution in [1.82, 2.24) is 29.5 Å². The SMILES string of the molecule is Cn1ncc2c(NCc3cnn(-c4ccc(F)cc4)c3)nc(C3CCCC3)nc21. The first-order chi connectivity index (χ1) is 14.2. The van der Waals surface area contributed by atoms with Crippen molar-refractivity contribution < 1.29 is 4.39 Å². The Morgan fingerprint density at radius 2 is 1.86 bits per heavy atom. The van der Waals surface area contributed by atoms with Crippen LogP contribution >= 0.6 is 0 Å². The molecule has 0 spiro atoms. The zero-order valence-electron chi connectivity index (χ0n) is 16.2. The fourth-order valence-corrected chi connectivity index (χ4v) is 3.91. The molecule has 1 saturated carbocycles. The number of rotatable bonds is 5. The summed E-state index contributed by atoms with van der Waals surface area (Å²) in [6.07, 6.45) is 10.3. The van der Waals surface area contributed by atoms with Gasteiger partial charge in [-0.3, -0.25) is 4.68 Å². The minimum absolute atomic E-state index is 0.259. The molecular formula is C21H22FN7. The molecule has 0 radical (unpaired) electrons. The molecular weight excluding hydrogens is 369 g/mol. The van der Waals surface area contributed by atoms with Crippen LogP contribution in [0, 0.1) is 5.82 Å². The van der Waals surface area contributed by atoms with Gasteiger partial charge in [0.05, 0.1) is 23.5 Å². The van der Waals surface area contributed by atoms with E-state index in [9.17, 15) is 4.39 Å². The maximum atomic E-state index is 13.1. The van der Waals surface area contributed by atoms with Crippen LogP contribution < -0.4 is 5.32 Å². The van der Waals surface area contributed by atoms with Gasteiger partial charge >= 0.3 is 0 Å². The molecule has 1 N–H and O–H groups in total. The Hall–Kier alpha value is -3.29. The van der Waals surface area contributed by atoms with E-state index in [4.69, 9.17) is 9.97 Å². The number of nitrogens with zero attached hydrogens (tertiary/aromatic N) is 6. The van der Waals surface area contributed by atoms with E-state index in [1.54, 1.807) is 33.9 Å². The summed E-state index contributed by atoms with van der Waals surface area (Å²) in [5.74, 6) is 1.88. The molecule has 3 aromatic heterocycles. The summed E-state index contributed by atoms with van der Waals surface area (Å²) in [5, 5.41) is 13.1. The average Bonchev–Trinajstić information content (AvgIpc) is 3.48. The lowest BCUT2D eigenvalue weighted by Gasteiger charge is -2.12. The van der Waals surface area contributed by atoms with E-state index in [1.807, 2.05) is 13.2 Å². The lowest BCUT2D eigenvalue weighted by atomic mass is 10.1. The van der Waals surface area contributed by atoms with Crippen LogP contribution in [0.4, 0.5) is 10.2 Å². The van der Waals surface area contributed by atoms with Crippen LogP contribution in [0.1, 0.15) is 43.0 Å². The zero-order chi connectivity index (χ0) is 19.8. The summed E-state index contributed by atoms with van der Waals surface area (Å²) in [6.45, 7) is 0.576. The minimum atomic E-state index is -0.259. The number of hydrogen-bond donors (Lipinski definition) is 1. The van der Waals surface area contributed by atoms with Crippen molar-refractivity contribution in [1.29, 1.82) is 0 Å². The lowest BCUT2D eigenvalue weighted by molar-refractivity contribution is 0.627. The smallest absolute Gasteiger partial charge is 0.163 e. The number of aryl methyl sites for hydroxylation is 1. The molecule has 3 heterocycles. The van der Waals surface area contributed by atoms with Gasteiger partial charge in [-0.05, 0) is 37.1 Å². The Balaban J connectivity index is 1.40. The van der Waals surface area contributed by atoms with E-state index in [2.05, 4.69) is 15.5 Å². The fraction of sp³-hybridized carbons (Fsp3) is 0.333. The summed E-state index contributed by atoms with van der Waals surface area (Å²) in [7, 11) is 1.91. The molecule has 148 valence electrons. The molecule has 1 aliphatic carbocycles. The molecule has 29 heavy (non-hydrogen) atoms. The fourth-order valence-electron chi connectivity index (χ4n) is 3.91. The van der Waals surface area contributed by atoms with Crippen molar-refractivity contribution >= 4 is 16.9 Å². The number of aromatic nitrogens is 6. The van der Waals surface area contributed by atoms with Crippen LogP contribution in [-0.4, -0.2) is 29.5 Å². The van der Waals surface area contributed by atoms with Gasteiger partial charge < -0.3 is 5.32 Å². The van der Waals surface area contributed by atoms with Gasteiger partial charge in [0.15, 0.2) is 5.65 Å². The lowest BCUT2D eigenvalue weighted by Crippen LogP contribution is -2.08. The van der Waals surface area contributed by atoms with Crippen LogP contribution in [0.15, 0.2) is 42.9 Å². The normalized spacial score (nSPS) is 14.7. The Kier molecular flexibility index (Phi) is 4.46. The van der Waals surface area contributed by atoms with Crippen LogP contribution in [-0.2, 0) is 13.6 Å². The average molecular weight is 391 g/mol. The second-order valence-electron chi connectivity index (χ2n) is 7.54. The minimum Gasteiger partial charge on any atom is -0.365 e. The van der Waals surface area contributed by atoms with Gasteiger partial charge in [0, 0.05) is 31.3 Å². The molecule has 1 fully saturated rings. The maximum Gasteiger partial charge on any atom is 0.163 e. The third-order valence-corrected chi connectivity index (χ3v) is 5.52. The molecule has 0 aliphatic heterocycles. The summed E-state index contributed by atoms with van der Waals surface area (Å²) in [6, 6.07) is 6.27. The summed E-state index contributed by atoms with van der Waals surface area (Å²) in [5.41, 5.74) is 2.68. The van der Waals surface area contributed by atoms with Gasteiger partial charge in [-0.25, -0.2) is 19.0 Å². The first kappa shape index (κ1) is 17.8. The predicted molar refractivity (Wildman–Crippen MR) is 108 cm³/mol. The highest BCUT2D eigenvalue weighted by Crippen LogP contribution is 2.34. The van der Waals surface area contributed by atoms with E-state index in [0.29, 0.717) is 12.5 Å². The van der Waals surface area contributed by atoms with Crippen LogP contribution in [0.2, 0.25) is 0 Å². The van der Waals surface area contributed by atoms with Gasteiger partial charge in [-0.15, -0.1) is 0 Å². The molecule has 1 aromatic carbocycles. The highest BCUT2D eigenvalue weighted by atomic mass is 19.1. The largest absolute Gasteiger partial charge is 0.365 e. The Bertz CT molecular complexity index is 1140. The summed E-state index contributed by atoms with van der Waals surface area (Å²) >= 11 is 0. The second-order valence-corrected chi connectivity index (χ2v) is 7.54. The van der Waals surface area contributed by atoms with Gasteiger partial charge in [0.2, 0.25) is 0 Å². The zero-order valence-corrected chi connectivity index (χ0v) is 16.2. The molecule has 7 nitrogen and oxygen atoms in total. The van der Waals surface area contributed by atoms with Crippen LogP contribution in [0.3, 0.4) is 0 Å². The molecule has 8 heteroatoms. The first-order valence-corrected chi connectivity index (χ1v) is 9.90.